The van der Waals surface area contributed by atoms with Gasteiger partial charge in [0.1, 0.15) is 0 Å². The minimum absolute atomic E-state index is 0.0431. The molecule has 1 saturated carbocycles. The molecule has 0 radical (unpaired) electrons. The molecule has 2 N–H and O–H groups in total. The van der Waals surface area contributed by atoms with Gasteiger partial charge in [-0.05, 0) is 56.2 Å². The number of halogens is 2. The van der Waals surface area contributed by atoms with Gasteiger partial charge in [0, 0.05) is 38.5 Å². The van der Waals surface area contributed by atoms with Crippen molar-refractivity contribution in [1.29, 1.82) is 5.26 Å². The highest BCUT2D eigenvalue weighted by Gasteiger charge is 2.28. The van der Waals surface area contributed by atoms with Gasteiger partial charge >= 0.3 is 0 Å². The number of hydrogen-bond donors (Lipinski definition) is 1. The van der Waals surface area contributed by atoms with Crippen LogP contribution in [-0.2, 0) is 4.79 Å². The van der Waals surface area contributed by atoms with Crippen LogP contribution in [0.15, 0.2) is 18.2 Å². The third kappa shape index (κ3) is 6.09. The van der Waals surface area contributed by atoms with Crippen molar-refractivity contribution in [2.75, 3.05) is 37.6 Å². The molecule has 1 heterocycles. The zero-order chi connectivity index (χ0) is 21.5. The Morgan fingerprint density at radius 3 is 2.57 bits per heavy atom. The zero-order valence-corrected chi connectivity index (χ0v) is 18.3. The largest absolute Gasteiger partial charge is 0.370 e. The molecule has 1 aliphatic heterocycles. The first kappa shape index (κ1) is 22.8. The zero-order valence-electron chi connectivity index (χ0n) is 17.5. The molecule has 30 heavy (non-hydrogen) atoms. The van der Waals surface area contributed by atoms with Crippen LogP contribution in [0.5, 0.6) is 0 Å². The highest BCUT2D eigenvalue weighted by molar-refractivity contribution is 6.31. The van der Waals surface area contributed by atoms with Crippen molar-refractivity contribution in [3.05, 3.63) is 29.0 Å². The van der Waals surface area contributed by atoms with Gasteiger partial charge in [-0.15, -0.1) is 0 Å². The number of hydrogen-bond acceptors (Lipinski definition) is 4. The van der Waals surface area contributed by atoms with Gasteiger partial charge < -0.3 is 10.6 Å². The third-order valence-corrected chi connectivity index (χ3v) is 7.12. The standard InChI is InChI=1S/C23H32ClFN4O/c24-20-2-1-3-21(23(20)25)29-14-12-28(13-15-29)11-10-17-4-6-18(7-5-17)19(16-26)8-9-22(27)30/h1-3,17-19H,4-15H2,(H2,27,30). The molecule has 164 valence electrons. The van der Waals surface area contributed by atoms with E-state index in [9.17, 15) is 14.4 Å². The van der Waals surface area contributed by atoms with E-state index < -0.39 is 0 Å². The summed E-state index contributed by atoms with van der Waals surface area (Å²) < 4.78 is 14.2. The first-order valence-corrected chi connectivity index (χ1v) is 11.4. The predicted octanol–water partition coefficient (Wildman–Crippen LogP) is 4.20. The maximum Gasteiger partial charge on any atom is 0.217 e. The van der Waals surface area contributed by atoms with E-state index in [0.29, 0.717) is 30.4 Å². The average Bonchev–Trinajstić information content (AvgIpc) is 2.76. The van der Waals surface area contributed by atoms with Crippen molar-refractivity contribution < 1.29 is 9.18 Å². The summed E-state index contributed by atoms with van der Waals surface area (Å²) in [5.41, 5.74) is 5.83. The van der Waals surface area contributed by atoms with Crippen LogP contribution in [0.1, 0.15) is 44.9 Å². The second kappa shape index (κ2) is 11.0. The van der Waals surface area contributed by atoms with Crippen LogP contribution in [0.25, 0.3) is 0 Å². The fraction of sp³-hybridized carbons (Fsp3) is 0.652. The molecule has 1 amide bonds. The number of nitrogens with two attached hydrogens (primary N) is 1. The summed E-state index contributed by atoms with van der Waals surface area (Å²) in [7, 11) is 0. The molecule has 0 bridgehead atoms. The number of rotatable bonds is 8. The third-order valence-electron chi connectivity index (χ3n) is 6.83. The van der Waals surface area contributed by atoms with E-state index in [0.717, 1.165) is 58.4 Å². The second-order valence-corrected chi connectivity index (χ2v) is 9.12. The number of nitriles is 1. The Balaban J connectivity index is 1.37. The van der Waals surface area contributed by atoms with Crippen LogP contribution < -0.4 is 10.6 Å². The van der Waals surface area contributed by atoms with E-state index in [1.165, 1.54) is 6.42 Å². The fourth-order valence-electron chi connectivity index (χ4n) is 4.90. The van der Waals surface area contributed by atoms with Gasteiger partial charge in [0.2, 0.25) is 5.91 Å². The lowest BCUT2D eigenvalue weighted by molar-refractivity contribution is -0.118. The lowest BCUT2D eigenvalue weighted by Crippen LogP contribution is -2.47. The van der Waals surface area contributed by atoms with E-state index in [4.69, 9.17) is 17.3 Å². The number of primary amides is 1. The van der Waals surface area contributed by atoms with Gasteiger partial charge in [0.25, 0.3) is 0 Å². The van der Waals surface area contributed by atoms with Gasteiger partial charge in [-0.25, -0.2) is 4.39 Å². The first-order chi connectivity index (χ1) is 14.5. The lowest BCUT2D eigenvalue weighted by atomic mass is 9.74. The van der Waals surface area contributed by atoms with Gasteiger partial charge in [0.05, 0.1) is 16.8 Å². The molecule has 1 aromatic carbocycles. The van der Waals surface area contributed by atoms with E-state index in [1.54, 1.807) is 18.2 Å². The van der Waals surface area contributed by atoms with Gasteiger partial charge in [0.15, 0.2) is 5.82 Å². The number of benzene rings is 1. The summed E-state index contributed by atoms with van der Waals surface area (Å²) in [6.45, 7) is 4.57. The Kier molecular flexibility index (Phi) is 8.35. The summed E-state index contributed by atoms with van der Waals surface area (Å²) in [4.78, 5) is 15.6. The van der Waals surface area contributed by atoms with Crippen molar-refractivity contribution in [2.45, 2.75) is 44.9 Å². The van der Waals surface area contributed by atoms with Crippen molar-refractivity contribution in [2.24, 2.45) is 23.5 Å². The number of nitrogens with zero attached hydrogens (tertiary/aromatic N) is 3. The van der Waals surface area contributed by atoms with Crippen molar-refractivity contribution in [1.82, 2.24) is 4.90 Å². The summed E-state index contributed by atoms with van der Waals surface area (Å²) in [5.74, 6) is 0.429. The number of amides is 1. The molecule has 1 unspecified atom stereocenters. The van der Waals surface area contributed by atoms with Gasteiger partial charge in [-0.2, -0.15) is 5.26 Å². The predicted molar refractivity (Wildman–Crippen MR) is 118 cm³/mol. The maximum atomic E-state index is 14.2. The first-order valence-electron chi connectivity index (χ1n) is 11.1. The molecule has 1 aromatic rings. The summed E-state index contributed by atoms with van der Waals surface area (Å²) in [5, 5.41) is 9.60. The molecule has 0 spiro atoms. The number of anilines is 1. The monoisotopic (exact) mass is 434 g/mol. The highest BCUT2D eigenvalue weighted by atomic mass is 35.5. The van der Waals surface area contributed by atoms with Crippen LogP contribution in [0.4, 0.5) is 10.1 Å². The normalized spacial score (nSPS) is 23.7. The topological polar surface area (TPSA) is 73.4 Å². The summed E-state index contributed by atoms with van der Waals surface area (Å²) >= 11 is 5.92. The Bertz CT molecular complexity index is 752. The molecular formula is C23H32ClFN4O. The van der Waals surface area contributed by atoms with Crippen LogP contribution in [-0.4, -0.2) is 43.5 Å². The van der Waals surface area contributed by atoms with Crippen LogP contribution >= 0.6 is 11.6 Å². The molecule has 1 saturated heterocycles. The Labute approximate surface area is 184 Å². The molecule has 0 aromatic heterocycles. The van der Waals surface area contributed by atoms with E-state index >= 15 is 0 Å². The van der Waals surface area contributed by atoms with Crippen molar-refractivity contribution in [3.63, 3.8) is 0 Å². The lowest BCUT2D eigenvalue weighted by Gasteiger charge is -2.37. The number of piperazine rings is 1. The van der Waals surface area contributed by atoms with E-state index in [1.807, 2.05) is 0 Å². The minimum Gasteiger partial charge on any atom is -0.370 e. The minimum atomic E-state index is -0.323. The molecule has 5 nitrogen and oxygen atoms in total. The Morgan fingerprint density at radius 1 is 1.23 bits per heavy atom. The Hall–Kier alpha value is -1.84. The quantitative estimate of drug-likeness (QED) is 0.665. The molecule has 3 rings (SSSR count). The molecule has 2 fully saturated rings. The number of carbonyl (C=O) groups excluding carboxylic acids is 1. The molecule has 1 atom stereocenters. The summed E-state index contributed by atoms with van der Waals surface area (Å²) in [6.07, 6.45) is 6.55. The molecular weight excluding hydrogens is 403 g/mol. The molecule has 1 aliphatic carbocycles. The van der Waals surface area contributed by atoms with Gasteiger partial charge in [-0.1, -0.05) is 30.5 Å². The van der Waals surface area contributed by atoms with Crippen molar-refractivity contribution in [3.8, 4) is 6.07 Å². The van der Waals surface area contributed by atoms with Crippen LogP contribution in [0.3, 0.4) is 0 Å². The van der Waals surface area contributed by atoms with Crippen LogP contribution in [0.2, 0.25) is 5.02 Å². The SMILES string of the molecule is N#CC(CCC(N)=O)C1CCC(CCN2CCN(c3cccc(Cl)c3F)CC2)CC1. The fourth-order valence-corrected chi connectivity index (χ4v) is 5.07. The van der Waals surface area contributed by atoms with Gasteiger partial charge in [-0.3, -0.25) is 9.69 Å². The smallest absolute Gasteiger partial charge is 0.217 e. The van der Waals surface area contributed by atoms with Crippen LogP contribution in [0, 0.1) is 34.9 Å². The molecule has 2 aliphatic rings. The summed E-state index contributed by atoms with van der Waals surface area (Å²) in [6, 6.07) is 7.58. The number of carbonyl (C=O) groups is 1. The average molecular weight is 435 g/mol. The maximum absolute atomic E-state index is 14.2. The van der Waals surface area contributed by atoms with E-state index in [2.05, 4.69) is 15.9 Å². The Morgan fingerprint density at radius 2 is 1.93 bits per heavy atom. The van der Waals surface area contributed by atoms with Crippen molar-refractivity contribution >= 4 is 23.2 Å². The highest BCUT2D eigenvalue weighted by Crippen LogP contribution is 2.36. The molecule has 7 heteroatoms. The van der Waals surface area contributed by atoms with E-state index in [-0.39, 0.29) is 22.7 Å². The second-order valence-electron chi connectivity index (χ2n) is 8.71.